The van der Waals surface area contributed by atoms with Crippen molar-refractivity contribution in [3.63, 3.8) is 0 Å². The SMILES string of the molecule is O=C(NCc1ccc(-n2cccn2)cc1)N1CCSCC1. The summed E-state index contributed by atoms with van der Waals surface area (Å²) < 4.78 is 1.81. The van der Waals surface area contributed by atoms with Gasteiger partial charge in [0.2, 0.25) is 0 Å². The fraction of sp³-hybridized carbons (Fsp3) is 0.333. The second-order valence-electron chi connectivity index (χ2n) is 4.88. The van der Waals surface area contributed by atoms with E-state index in [1.807, 2.05) is 57.9 Å². The third kappa shape index (κ3) is 3.58. The highest BCUT2D eigenvalue weighted by molar-refractivity contribution is 7.99. The van der Waals surface area contributed by atoms with Crippen LogP contribution in [0.1, 0.15) is 5.56 Å². The van der Waals surface area contributed by atoms with E-state index in [1.165, 1.54) is 0 Å². The molecular formula is C15H18N4OS. The van der Waals surface area contributed by atoms with Crippen LogP contribution in [0.3, 0.4) is 0 Å². The molecule has 1 N–H and O–H groups in total. The molecule has 0 atom stereocenters. The molecule has 0 radical (unpaired) electrons. The van der Waals surface area contributed by atoms with Gasteiger partial charge >= 0.3 is 6.03 Å². The lowest BCUT2D eigenvalue weighted by Crippen LogP contribution is -2.44. The van der Waals surface area contributed by atoms with Crippen LogP contribution in [0.5, 0.6) is 0 Å². The lowest BCUT2D eigenvalue weighted by molar-refractivity contribution is 0.202. The number of thioether (sulfide) groups is 1. The molecule has 0 saturated carbocycles. The van der Waals surface area contributed by atoms with E-state index in [1.54, 1.807) is 6.20 Å². The molecule has 6 heteroatoms. The first-order chi connectivity index (χ1) is 10.3. The number of hydrogen-bond acceptors (Lipinski definition) is 3. The Balaban J connectivity index is 1.54. The van der Waals surface area contributed by atoms with Gasteiger partial charge in [-0.1, -0.05) is 12.1 Å². The van der Waals surface area contributed by atoms with Gasteiger partial charge in [0.15, 0.2) is 0 Å². The van der Waals surface area contributed by atoms with E-state index in [9.17, 15) is 4.79 Å². The summed E-state index contributed by atoms with van der Waals surface area (Å²) in [6.45, 7) is 2.24. The minimum atomic E-state index is 0.0338. The molecule has 2 heterocycles. The molecule has 0 unspecified atom stereocenters. The fourth-order valence-corrected chi connectivity index (χ4v) is 3.15. The highest BCUT2D eigenvalue weighted by atomic mass is 32.2. The summed E-state index contributed by atoms with van der Waals surface area (Å²) in [5.41, 5.74) is 2.11. The molecule has 0 bridgehead atoms. The van der Waals surface area contributed by atoms with Gasteiger partial charge in [0.05, 0.1) is 5.69 Å². The zero-order valence-corrected chi connectivity index (χ0v) is 12.6. The highest BCUT2D eigenvalue weighted by Gasteiger charge is 2.15. The van der Waals surface area contributed by atoms with Crippen LogP contribution in [0, 0.1) is 0 Å². The van der Waals surface area contributed by atoms with E-state index in [4.69, 9.17) is 0 Å². The Bertz CT molecular complexity index is 576. The molecule has 1 aromatic heterocycles. The summed E-state index contributed by atoms with van der Waals surface area (Å²) in [4.78, 5) is 13.9. The van der Waals surface area contributed by atoms with Gasteiger partial charge in [-0.2, -0.15) is 16.9 Å². The number of carbonyl (C=O) groups excluding carboxylic acids is 1. The molecule has 1 fully saturated rings. The molecule has 3 rings (SSSR count). The molecule has 110 valence electrons. The predicted octanol–water partition coefficient (Wildman–Crippen LogP) is 2.13. The van der Waals surface area contributed by atoms with Crippen LogP contribution in [0.2, 0.25) is 0 Å². The number of amides is 2. The van der Waals surface area contributed by atoms with Crippen LogP contribution in [0.25, 0.3) is 5.69 Å². The summed E-state index contributed by atoms with van der Waals surface area (Å²) in [7, 11) is 0. The molecule has 1 saturated heterocycles. The van der Waals surface area contributed by atoms with Gasteiger partial charge in [0.25, 0.3) is 0 Å². The summed E-state index contributed by atoms with van der Waals surface area (Å²) in [5.74, 6) is 2.07. The Labute approximate surface area is 128 Å². The van der Waals surface area contributed by atoms with Crippen molar-refractivity contribution in [2.24, 2.45) is 0 Å². The average molecular weight is 302 g/mol. The Morgan fingerprint density at radius 3 is 2.67 bits per heavy atom. The van der Waals surface area contributed by atoms with Gasteiger partial charge in [-0.15, -0.1) is 0 Å². The number of aromatic nitrogens is 2. The van der Waals surface area contributed by atoms with E-state index in [0.717, 1.165) is 35.8 Å². The zero-order valence-electron chi connectivity index (χ0n) is 11.7. The standard InChI is InChI=1S/C15H18N4OS/c20-15(18-8-10-21-11-9-18)16-12-13-2-4-14(5-3-13)19-7-1-6-17-19/h1-7H,8-12H2,(H,16,20). The highest BCUT2D eigenvalue weighted by Crippen LogP contribution is 2.10. The maximum atomic E-state index is 12.0. The Morgan fingerprint density at radius 2 is 2.00 bits per heavy atom. The monoisotopic (exact) mass is 302 g/mol. The number of hydrogen-bond donors (Lipinski definition) is 1. The second-order valence-corrected chi connectivity index (χ2v) is 6.10. The molecule has 0 spiro atoms. The minimum Gasteiger partial charge on any atom is -0.334 e. The number of urea groups is 1. The first kappa shape index (κ1) is 14.0. The van der Waals surface area contributed by atoms with Gasteiger partial charge in [-0.3, -0.25) is 0 Å². The maximum absolute atomic E-state index is 12.0. The van der Waals surface area contributed by atoms with Gasteiger partial charge in [-0.25, -0.2) is 9.48 Å². The molecule has 0 aliphatic carbocycles. The molecule has 2 aromatic rings. The third-order valence-corrected chi connectivity index (χ3v) is 4.39. The quantitative estimate of drug-likeness (QED) is 0.945. The van der Waals surface area contributed by atoms with Crippen LogP contribution in [-0.2, 0) is 6.54 Å². The Morgan fingerprint density at radius 1 is 1.24 bits per heavy atom. The number of benzene rings is 1. The van der Waals surface area contributed by atoms with Crippen LogP contribution in [0.4, 0.5) is 4.79 Å². The molecule has 1 aliphatic rings. The number of nitrogens with one attached hydrogen (secondary N) is 1. The smallest absolute Gasteiger partial charge is 0.317 e. The summed E-state index contributed by atoms with van der Waals surface area (Å²) >= 11 is 1.90. The Kier molecular flexibility index (Phi) is 4.45. The summed E-state index contributed by atoms with van der Waals surface area (Å²) in [6, 6.07) is 9.97. The van der Waals surface area contributed by atoms with E-state index < -0.39 is 0 Å². The van der Waals surface area contributed by atoms with E-state index in [-0.39, 0.29) is 6.03 Å². The minimum absolute atomic E-state index is 0.0338. The molecule has 1 aromatic carbocycles. The van der Waals surface area contributed by atoms with Gasteiger partial charge < -0.3 is 10.2 Å². The van der Waals surface area contributed by atoms with Gasteiger partial charge in [0, 0.05) is 43.5 Å². The van der Waals surface area contributed by atoms with Crippen LogP contribution in [-0.4, -0.2) is 45.3 Å². The predicted molar refractivity (Wildman–Crippen MR) is 84.7 cm³/mol. The molecule has 5 nitrogen and oxygen atoms in total. The third-order valence-electron chi connectivity index (χ3n) is 3.45. The zero-order chi connectivity index (χ0) is 14.5. The normalized spacial score (nSPS) is 15.0. The topological polar surface area (TPSA) is 50.2 Å². The van der Waals surface area contributed by atoms with Crippen LogP contribution < -0.4 is 5.32 Å². The fourth-order valence-electron chi connectivity index (χ4n) is 2.24. The number of rotatable bonds is 3. The first-order valence-corrected chi connectivity index (χ1v) is 8.18. The van der Waals surface area contributed by atoms with Crippen LogP contribution >= 0.6 is 11.8 Å². The first-order valence-electron chi connectivity index (χ1n) is 7.02. The Hall–Kier alpha value is -1.95. The second kappa shape index (κ2) is 6.67. The summed E-state index contributed by atoms with van der Waals surface area (Å²) in [6.07, 6.45) is 3.66. The lowest BCUT2D eigenvalue weighted by atomic mass is 10.2. The van der Waals surface area contributed by atoms with E-state index in [2.05, 4.69) is 10.4 Å². The van der Waals surface area contributed by atoms with Crippen molar-refractivity contribution in [1.82, 2.24) is 20.0 Å². The number of carbonyl (C=O) groups is 1. The van der Waals surface area contributed by atoms with Crippen LogP contribution in [0.15, 0.2) is 42.7 Å². The van der Waals surface area contributed by atoms with Gasteiger partial charge in [-0.05, 0) is 23.8 Å². The summed E-state index contributed by atoms with van der Waals surface area (Å²) in [5, 5.41) is 7.17. The lowest BCUT2D eigenvalue weighted by Gasteiger charge is -2.26. The average Bonchev–Trinajstić information content (AvgIpc) is 3.08. The van der Waals surface area contributed by atoms with Crippen molar-refractivity contribution in [2.75, 3.05) is 24.6 Å². The van der Waals surface area contributed by atoms with Crippen molar-refractivity contribution in [2.45, 2.75) is 6.54 Å². The number of nitrogens with zero attached hydrogens (tertiary/aromatic N) is 3. The van der Waals surface area contributed by atoms with E-state index >= 15 is 0 Å². The van der Waals surface area contributed by atoms with Crippen molar-refractivity contribution >= 4 is 17.8 Å². The largest absolute Gasteiger partial charge is 0.334 e. The van der Waals surface area contributed by atoms with Crippen molar-refractivity contribution in [3.05, 3.63) is 48.3 Å². The maximum Gasteiger partial charge on any atom is 0.317 e. The molecule has 21 heavy (non-hydrogen) atoms. The van der Waals surface area contributed by atoms with Gasteiger partial charge in [0.1, 0.15) is 0 Å². The van der Waals surface area contributed by atoms with E-state index in [0.29, 0.717) is 6.54 Å². The molecular weight excluding hydrogens is 284 g/mol. The van der Waals surface area contributed by atoms with Crippen molar-refractivity contribution in [1.29, 1.82) is 0 Å². The molecule has 2 amide bonds. The van der Waals surface area contributed by atoms with Crippen molar-refractivity contribution < 1.29 is 4.79 Å². The molecule has 1 aliphatic heterocycles. The van der Waals surface area contributed by atoms with Crippen molar-refractivity contribution in [3.8, 4) is 5.69 Å².